The Kier molecular flexibility index (Phi) is 3.82. The van der Waals surface area contributed by atoms with E-state index in [9.17, 15) is 0 Å². The van der Waals surface area contributed by atoms with Crippen molar-refractivity contribution in [2.75, 3.05) is 13.7 Å². The first kappa shape index (κ1) is 11.4. The van der Waals surface area contributed by atoms with Crippen LogP contribution in [0.1, 0.15) is 23.8 Å². The van der Waals surface area contributed by atoms with Crippen LogP contribution in [-0.2, 0) is 4.74 Å². The summed E-state index contributed by atoms with van der Waals surface area (Å²) in [5.41, 5.74) is 2.79. The lowest BCUT2D eigenvalue weighted by Gasteiger charge is -2.23. The van der Waals surface area contributed by atoms with Crippen LogP contribution in [0.3, 0.4) is 0 Å². The fourth-order valence-electron chi connectivity index (χ4n) is 1.75. The minimum atomic E-state index is -0.102. The second-order valence-electron chi connectivity index (χ2n) is 3.55. The summed E-state index contributed by atoms with van der Waals surface area (Å²) in [5, 5.41) is 1.99. The minimum Gasteiger partial charge on any atom is -0.496 e. The van der Waals surface area contributed by atoms with E-state index in [2.05, 4.69) is 11.5 Å². The van der Waals surface area contributed by atoms with Crippen LogP contribution in [0.4, 0.5) is 0 Å². The van der Waals surface area contributed by atoms with E-state index in [1.807, 2.05) is 11.4 Å². The molecule has 88 valence electrons. The Hall–Kier alpha value is -1.04. The van der Waals surface area contributed by atoms with Crippen molar-refractivity contribution in [2.45, 2.75) is 18.9 Å². The van der Waals surface area contributed by atoms with Crippen LogP contribution in [0.15, 0.2) is 23.3 Å². The SMILES string of the molecule is COc1ccsc1C(NN)C1=CCCCO1. The average molecular weight is 240 g/mol. The zero-order valence-electron chi connectivity index (χ0n) is 9.23. The third kappa shape index (κ3) is 2.21. The van der Waals surface area contributed by atoms with Crippen LogP contribution >= 0.6 is 11.3 Å². The number of nitrogens with one attached hydrogen (secondary N) is 1. The van der Waals surface area contributed by atoms with Gasteiger partial charge in [-0.1, -0.05) is 0 Å². The number of nitrogens with two attached hydrogens (primary N) is 1. The Labute approximate surface area is 99.0 Å². The second-order valence-corrected chi connectivity index (χ2v) is 4.50. The molecule has 3 N–H and O–H groups in total. The van der Waals surface area contributed by atoms with Gasteiger partial charge in [-0.2, -0.15) is 0 Å². The number of hydrogen-bond donors (Lipinski definition) is 2. The quantitative estimate of drug-likeness (QED) is 0.624. The average Bonchev–Trinajstić information content (AvgIpc) is 2.80. The molecule has 0 amide bonds. The summed E-state index contributed by atoms with van der Waals surface area (Å²) in [4.78, 5) is 1.05. The van der Waals surface area contributed by atoms with Gasteiger partial charge in [0.2, 0.25) is 0 Å². The first-order valence-corrected chi connectivity index (χ1v) is 6.15. The Bertz CT molecular complexity index is 376. The summed E-state index contributed by atoms with van der Waals surface area (Å²) < 4.78 is 10.9. The molecule has 1 atom stereocenters. The van der Waals surface area contributed by atoms with E-state index >= 15 is 0 Å². The molecular formula is C11H16N2O2S. The molecule has 1 aliphatic heterocycles. The van der Waals surface area contributed by atoms with Crippen molar-refractivity contribution in [2.24, 2.45) is 5.84 Å². The molecule has 2 heterocycles. The van der Waals surface area contributed by atoms with E-state index in [-0.39, 0.29) is 6.04 Å². The lowest BCUT2D eigenvalue weighted by molar-refractivity contribution is 0.168. The number of hydrazine groups is 1. The highest BCUT2D eigenvalue weighted by molar-refractivity contribution is 7.10. The molecule has 16 heavy (non-hydrogen) atoms. The molecule has 5 heteroatoms. The predicted molar refractivity (Wildman–Crippen MR) is 64.2 cm³/mol. The van der Waals surface area contributed by atoms with Gasteiger partial charge in [0.05, 0.1) is 18.6 Å². The number of rotatable bonds is 4. The van der Waals surface area contributed by atoms with Crippen molar-refractivity contribution in [3.05, 3.63) is 28.2 Å². The number of methoxy groups -OCH3 is 1. The monoisotopic (exact) mass is 240 g/mol. The predicted octanol–water partition coefficient (Wildman–Crippen LogP) is 1.96. The van der Waals surface area contributed by atoms with Gasteiger partial charge in [0.15, 0.2) is 0 Å². The van der Waals surface area contributed by atoms with Gasteiger partial charge in [-0.15, -0.1) is 11.3 Å². The maximum absolute atomic E-state index is 5.62. The van der Waals surface area contributed by atoms with Crippen molar-refractivity contribution in [3.8, 4) is 5.75 Å². The summed E-state index contributed by atoms with van der Waals surface area (Å²) in [6, 6.07) is 1.84. The third-order valence-electron chi connectivity index (χ3n) is 2.55. The highest BCUT2D eigenvalue weighted by Gasteiger charge is 2.23. The maximum Gasteiger partial charge on any atom is 0.134 e. The second kappa shape index (κ2) is 5.34. The topological polar surface area (TPSA) is 56.5 Å². The van der Waals surface area contributed by atoms with Gasteiger partial charge < -0.3 is 9.47 Å². The van der Waals surface area contributed by atoms with Gasteiger partial charge in [0, 0.05) is 0 Å². The van der Waals surface area contributed by atoms with Gasteiger partial charge in [-0.3, -0.25) is 5.84 Å². The van der Waals surface area contributed by atoms with Gasteiger partial charge in [0.1, 0.15) is 17.6 Å². The standard InChI is InChI=1S/C11H16N2O2S/c1-14-9-5-7-16-11(9)10(13-12)8-4-2-3-6-15-8/h4-5,7,10,13H,2-3,6,12H2,1H3. The molecule has 1 aromatic heterocycles. The summed E-state index contributed by atoms with van der Waals surface area (Å²) in [6.45, 7) is 0.762. The van der Waals surface area contributed by atoms with E-state index in [4.69, 9.17) is 15.3 Å². The van der Waals surface area contributed by atoms with Crippen molar-refractivity contribution in [1.82, 2.24) is 5.43 Å². The maximum atomic E-state index is 5.62. The zero-order valence-corrected chi connectivity index (χ0v) is 10.0. The van der Waals surface area contributed by atoms with E-state index in [1.165, 1.54) is 0 Å². The molecule has 0 spiro atoms. The number of allylic oxidation sites excluding steroid dienone is 1. The van der Waals surface area contributed by atoms with Crippen LogP contribution in [0.2, 0.25) is 0 Å². The zero-order chi connectivity index (χ0) is 11.4. The van der Waals surface area contributed by atoms with E-state index in [1.54, 1.807) is 18.4 Å². The molecule has 1 aromatic rings. The molecule has 1 aliphatic rings. The Balaban J connectivity index is 2.24. The van der Waals surface area contributed by atoms with Crippen LogP contribution < -0.4 is 16.0 Å². The molecule has 0 aromatic carbocycles. The van der Waals surface area contributed by atoms with E-state index < -0.39 is 0 Å². The molecule has 0 fully saturated rings. The minimum absolute atomic E-state index is 0.102. The van der Waals surface area contributed by atoms with Gasteiger partial charge in [-0.25, -0.2) is 5.43 Å². The lowest BCUT2D eigenvalue weighted by atomic mass is 10.1. The number of hydrogen-bond acceptors (Lipinski definition) is 5. The normalized spacial score (nSPS) is 17.5. The third-order valence-corrected chi connectivity index (χ3v) is 3.52. The number of ether oxygens (including phenoxy) is 2. The molecule has 0 saturated heterocycles. The highest BCUT2D eigenvalue weighted by atomic mass is 32.1. The fourth-order valence-corrected chi connectivity index (χ4v) is 2.68. The summed E-state index contributed by atoms with van der Waals surface area (Å²) in [6.07, 6.45) is 4.21. The molecule has 0 radical (unpaired) electrons. The summed E-state index contributed by atoms with van der Waals surface area (Å²) >= 11 is 1.61. The van der Waals surface area contributed by atoms with Crippen LogP contribution in [0.5, 0.6) is 5.75 Å². The van der Waals surface area contributed by atoms with Crippen molar-refractivity contribution < 1.29 is 9.47 Å². The van der Waals surface area contributed by atoms with Crippen LogP contribution in [0, 0.1) is 0 Å². The summed E-state index contributed by atoms with van der Waals surface area (Å²) in [5.74, 6) is 7.35. The van der Waals surface area contributed by atoms with E-state index in [0.29, 0.717) is 0 Å². The molecule has 1 unspecified atom stereocenters. The molecule has 4 nitrogen and oxygen atoms in total. The molecular weight excluding hydrogens is 224 g/mol. The van der Waals surface area contributed by atoms with Gasteiger partial charge in [-0.05, 0) is 30.4 Å². The fraction of sp³-hybridized carbons (Fsp3) is 0.455. The Morgan fingerprint density at radius 3 is 3.12 bits per heavy atom. The lowest BCUT2D eigenvalue weighted by Crippen LogP contribution is -2.30. The largest absolute Gasteiger partial charge is 0.496 e. The van der Waals surface area contributed by atoms with Crippen LogP contribution in [-0.4, -0.2) is 13.7 Å². The van der Waals surface area contributed by atoms with Crippen molar-refractivity contribution in [3.63, 3.8) is 0 Å². The highest BCUT2D eigenvalue weighted by Crippen LogP contribution is 2.35. The first-order valence-electron chi connectivity index (χ1n) is 5.27. The number of thiophene rings is 1. The Morgan fingerprint density at radius 2 is 2.50 bits per heavy atom. The van der Waals surface area contributed by atoms with Crippen molar-refractivity contribution >= 4 is 11.3 Å². The van der Waals surface area contributed by atoms with Crippen LogP contribution in [0.25, 0.3) is 0 Å². The molecule has 0 bridgehead atoms. The van der Waals surface area contributed by atoms with Crippen molar-refractivity contribution in [1.29, 1.82) is 0 Å². The van der Waals surface area contributed by atoms with Gasteiger partial charge >= 0.3 is 0 Å². The first-order chi connectivity index (χ1) is 7.86. The summed E-state index contributed by atoms with van der Waals surface area (Å²) in [7, 11) is 1.66. The molecule has 0 saturated carbocycles. The molecule has 0 aliphatic carbocycles. The molecule has 2 rings (SSSR count). The Morgan fingerprint density at radius 1 is 1.62 bits per heavy atom. The van der Waals surface area contributed by atoms with E-state index in [0.717, 1.165) is 35.8 Å². The van der Waals surface area contributed by atoms with Gasteiger partial charge in [0.25, 0.3) is 0 Å². The smallest absolute Gasteiger partial charge is 0.134 e.